The first-order valence-electron chi connectivity index (χ1n) is 13.5. The molecule has 0 spiro atoms. The van der Waals surface area contributed by atoms with Gasteiger partial charge in [0.2, 0.25) is 0 Å². The molecular weight excluding hydrogens is 462 g/mol. The number of carbonyl (C=O) groups excluding carboxylic acids is 2. The lowest BCUT2D eigenvalue weighted by Gasteiger charge is -2.61. The average Bonchev–Trinajstić information content (AvgIpc) is 3.18. The van der Waals surface area contributed by atoms with Crippen LogP contribution in [0.2, 0.25) is 0 Å². The third-order valence-electron chi connectivity index (χ3n) is 10.8. The van der Waals surface area contributed by atoms with E-state index < -0.39 is 29.1 Å². The molecule has 11 atom stereocenters. The zero-order valence-corrected chi connectivity index (χ0v) is 22.7. The molecule has 0 radical (unpaired) electrons. The van der Waals surface area contributed by atoms with Gasteiger partial charge in [0.1, 0.15) is 11.9 Å². The van der Waals surface area contributed by atoms with Crippen molar-refractivity contribution in [2.75, 3.05) is 5.75 Å². The highest BCUT2D eigenvalue weighted by Crippen LogP contribution is 2.68. The van der Waals surface area contributed by atoms with Crippen LogP contribution in [0.4, 0.5) is 0 Å². The summed E-state index contributed by atoms with van der Waals surface area (Å²) in [5.41, 5.74) is 4.68. The lowest BCUT2D eigenvalue weighted by Crippen LogP contribution is -2.63. The largest absolute Gasteiger partial charge is 0.461 e. The van der Waals surface area contributed by atoms with Crippen molar-refractivity contribution in [3.05, 3.63) is 12.7 Å². The Morgan fingerprint density at radius 2 is 1.94 bits per heavy atom. The van der Waals surface area contributed by atoms with Crippen LogP contribution < -0.4 is 5.73 Å². The summed E-state index contributed by atoms with van der Waals surface area (Å²) in [5, 5.41) is 21.9. The number of ether oxygens (including phenoxy) is 1. The molecule has 0 aliphatic heterocycles. The fourth-order valence-corrected chi connectivity index (χ4v) is 9.35. The number of Topliss-reactive ketones (excluding diaryl/α,β-unsaturated/α-hetero) is 1. The molecule has 0 aromatic carbocycles. The summed E-state index contributed by atoms with van der Waals surface area (Å²) in [6, 6.07) is 0.0535. The molecule has 0 aromatic rings. The standard InChI is InChI=1S/C28H45NO5S/c1-6-26(4)14-22(34-23(32)15-35-21-13-18(29)7-8-19(21)30)27(5)16(2)9-11-28(17(3)25(26)33)12-10-20(31)24(27)28/h6,16-19,21-22,24-25,30,33H,1,7-15,29H2,2-5H3/t16-,17+,18+,19-,21-,22-,24+,25+,26-,27+,28+/m1/s1. The van der Waals surface area contributed by atoms with Crippen molar-refractivity contribution in [1.82, 2.24) is 0 Å². The normalized spacial score (nSPS) is 50.1. The first-order chi connectivity index (χ1) is 16.4. The van der Waals surface area contributed by atoms with Crippen LogP contribution in [-0.4, -0.2) is 57.3 Å². The minimum atomic E-state index is -0.666. The minimum absolute atomic E-state index is 0.0435. The van der Waals surface area contributed by atoms with Gasteiger partial charge in [-0.15, -0.1) is 18.3 Å². The summed E-state index contributed by atoms with van der Waals surface area (Å²) in [6.07, 6.45) is 5.99. The lowest BCUT2D eigenvalue weighted by atomic mass is 9.44. The first-order valence-corrected chi connectivity index (χ1v) is 14.5. The van der Waals surface area contributed by atoms with Crippen molar-refractivity contribution >= 4 is 23.5 Å². The van der Waals surface area contributed by atoms with Gasteiger partial charge < -0.3 is 20.7 Å². The van der Waals surface area contributed by atoms with Crippen LogP contribution in [0.15, 0.2) is 12.7 Å². The first kappa shape index (κ1) is 27.2. The Kier molecular flexibility index (Phi) is 7.58. The van der Waals surface area contributed by atoms with Crippen molar-refractivity contribution < 1.29 is 24.5 Å². The number of nitrogens with two attached hydrogens (primary N) is 1. The van der Waals surface area contributed by atoms with E-state index in [1.807, 2.05) is 13.0 Å². The summed E-state index contributed by atoms with van der Waals surface area (Å²) in [4.78, 5) is 26.7. The highest BCUT2D eigenvalue weighted by atomic mass is 32.2. The molecule has 4 rings (SSSR count). The van der Waals surface area contributed by atoms with Gasteiger partial charge in [0.15, 0.2) is 0 Å². The van der Waals surface area contributed by atoms with Crippen molar-refractivity contribution in [2.45, 2.75) is 109 Å². The second-order valence-corrected chi connectivity index (χ2v) is 13.8. The number of ketones is 1. The van der Waals surface area contributed by atoms with Gasteiger partial charge in [-0.25, -0.2) is 0 Å². The summed E-state index contributed by atoms with van der Waals surface area (Å²) < 4.78 is 6.29. The summed E-state index contributed by atoms with van der Waals surface area (Å²) in [7, 11) is 0. The number of aliphatic hydroxyl groups excluding tert-OH is 2. The molecule has 0 saturated heterocycles. The smallest absolute Gasteiger partial charge is 0.316 e. The molecule has 4 aliphatic carbocycles. The minimum Gasteiger partial charge on any atom is -0.461 e. The van der Waals surface area contributed by atoms with Crippen LogP contribution in [0, 0.1) is 34.0 Å². The number of esters is 1. The Morgan fingerprint density at radius 3 is 2.63 bits per heavy atom. The maximum absolute atomic E-state index is 13.5. The molecule has 35 heavy (non-hydrogen) atoms. The van der Waals surface area contributed by atoms with Crippen LogP contribution in [0.25, 0.3) is 0 Å². The van der Waals surface area contributed by atoms with E-state index in [-0.39, 0.29) is 52.0 Å². The van der Waals surface area contributed by atoms with Crippen LogP contribution in [0.3, 0.4) is 0 Å². The van der Waals surface area contributed by atoms with Gasteiger partial charge in [0.25, 0.3) is 0 Å². The van der Waals surface area contributed by atoms with E-state index in [9.17, 15) is 19.8 Å². The molecule has 0 heterocycles. The van der Waals surface area contributed by atoms with Gasteiger partial charge in [-0.2, -0.15) is 0 Å². The van der Waals surface area contributed by atoms with Crippen LogP contribution in [0.5, 0.6) is 0 Å². The Balaban J connectivity index is 1.63. The van der Waals surface area contributed by atoms with Gasteiger partial charge in [-0.3, -0.25) is 9.59 Å². The molecule has 6 nitrogen and oxygen atoms in total. The monoisotopic (exact) mass is 507 g/mol. The molecule has 198 valence electrons. The third kappa shape index (κ3) is 4.42. The molecule has 4 N–H and O–H groups in total. The molecule has 2 bridgehead atoms. The van der Waals surface area contributed by atoms with E-state index >= 15 is 0 Å². The fraction of sp³-hybridized carbons (Fsp3) is 0.857. The number of hydrogen-bond donors (Lipinski definition) is 3. The molecule has 4 fully saturated rings. The van der Waals surface area contributed by atoms with E-state index in [1.165, 1.54) is 11.8 Å². The molecule has 0 amide bonds. The third-order valence-corrected chi connectivity index (χ3v) is 12.1. The molecule has 0 aromatic heterocycles. The van der Waals surface area contributed by atoms with Crippen molar-refractivity contribution in [1.29, 1.82) is 0 Å². The zero-order chi connectivity index (χ0) is 25.8. The van der Waals surface area contributed by atoms with E-state index in [0.717, 1.165) is 25.7 Å². The van der Waals surface area contributed by atoms with Gasteiger partial charge in [-0.1, -0.05) is 33.8 Å². The molecule has 4 saturated carbocycles. The second-order valence-electron chi connectivity index (χ2n) is 12.6. The number of aliphatic hydroxyl groups is 2. The topological polar surface area (TPSA) is 110 Å². The van der Waals surface area contributed by atoms with Crippen LogP contribution in [-0.2, 0) is 14.3 Å². The van der Waals surface area contributed by atoms with Crippen molar-refractivity contribution in [2.24, 2.45) is 39.7 Å². The maximum atomic E-state index is 13.5. The molecule has 0 unspecified atom stereocenters. The Hall–Kier alpha value is -0.890. The van der Waals surface area contributed by atoms with Gasteiger partial charge in [0.05, 0.1) is 18.0 Å². The summed E-state index contributed by atoms with van der Waals surface area (Å²) in [6.45, 7) is 12.5. The van der Waals surface area contributed by atoms with Gasteiger partial charge in [0, 0.05) is 34.5 Å². The van der Waals surface area contributed by atoms with Crippen molar-refractivity contribution in [3.8, 4) is 0 Å². The quantitative estimate of drug-likeness (QED) is 0.383. The number of rotatable bonds is 5. The Bertz CT molecular complexity index is 851. The van der Waals surface area contributed by atoms with Gasteiger partial charge >= 0.3 is 5.97 Å². The van der Waals surface area contributed by atoms with E-state index in [2.05, 4.69) is 27.4 Å². The van der Waals surface area contributed by atoms with Crippen molar-refractivity contribution in [3.63, 3.8) is 0 Å². The molecular formula is C28H45NO5S. The van der Waals surface area contributed by atoms with E-state index in [4.69, 9.17) is 10.5 Å². The summed E-state index contributed by atoms with van der Waals surface area (Å²) >= 11 is 1.42. The van der Waals surface area contributed by atoms with E-state index in [1.54, 1.807) is 0 Å². The SMILES string of the molecule is C=C[C@]1(C)C[C@@H](OC(=O)CS[C@@H]2C[C@@H](N)CC[C@H]2O)[C@]2(C)[C@H](C)CC[C@]3(CCC(=O)[C@H]32)[C@@H](C)[C@@H]1O. The number of thioether (sulfide) groups is 1. The Labute approximate surface area is 214 Å². The van der Waals surface area contributed by atoms with E-state index in [0.29, 0.717) is 25.7 Å². The predicted octanol–water partition coefficient (Wildman–Crippen LogP) is 3.87. The number of hydrogen-bond acceptors (Lipinski definition) is 7. The lowest BCUT2D eigenvalue weighted by molar-refractivity contribution is -0.205. The summed E-state index contributed by atoms with van der Waals surface area (Å²) in [5.74, 6) is 0.0243. The fourth-order valence-electron chi connectivity index (χ4n) is 8.19. The zero-order valence-electron chi connectivity index (χ0n) is 21.9. The molecule has 4 aliphatic rings. The highest BCUT2D eigenvalue weighted by Gasteiger charge is 2.68. The number of carbonyl (C=O) groups is 2. The van der Waals surface area contributed by atoms with Gasteiger partial charge in [-0.05, 0) is 62.2 Å². The molecule has 7 heteroatoms. The Morgan fingerprint density at radius 1 is 1.23 bits per heavy atom. The predicted molar refractivity (Wildman–Crippen MR) is 139 cm³/mol. The highest BCUT2D eigenvalue weighted by molar-refractivity contribution is 8.00. The van der Waals surface area contributed by atoms with Crippen LogP contribution in [0.1, 0.15) is 79.1 Å². The maximum Gasteiger partial charge on any atom is 0.316 e. The average molecular weight is 508 g/mol. The van der Waals surface area contributed by atoms with Crippen LogP contribution >= 0.6 is 11.8 Å². The second kappa shape index (κ2) is 9.77.